The second-order valence-corrected chi connectivity index (χ2v) is 6.60. The van der Waals surface area contributed by atoms with Gasteiger partial charge in [0.1, 0.15) is 11.6 Å². The molecule has 4 rings (SSSR count). The van der Waals surface area contributed by atoms with E-state index < -0.39 is 5.82 Å². The van der Waals surface area contributed by atoms with Gasteiger partial charge in [-0.15, -0.1) is 0 Å². The van der Waals surface area contributed by atoms with Gasteiger partial charge in [-0.3, -0.25) is 4.79 Å². The molecule has 27 heavy (non-hydrogen) atoms. The first-order chi connectivity index (χ1) is 13.0. The van der Waals surface area contributed by atoms with Gasteiger partial charge in [-0.2, -0.15) is 4.98 Å². The van der Waals surface area contributed by atoms with Gasteiger partial charge in [-0.05, 0) is 36.4 Å². The Bertz CT molecular complexity index is 1010. The highest BCUT2D eigenvalue weighted by Crippen LogP contribution is 2.33. The Hall–Kier alpha value is -2.93. The molecule has 1 atom stereocenters. The van der Waals surface area contributed by atoms with Crippen LogP contribution in [0, 0.1) is 5.82 Å². The molecule has 3 aromatic rings. The van der Waals surface area contributed by atoms with Crippen LogP contribution in [-0.2, 0) is 4.79 Å². The predicted octanol–water partition coefficient (Wildman–Crippen LogP) is 4.06. The van der Waals surface area contributed by atoms with Crippen molar-refractivity contribution in [3.05, 3.63) is 59.1 Å². The summed E-state index contributed by atoms with van der Waals surface area (Å²) in [5.41, 5.74) is 1.28. The number of hydrogen-bond donors (Lipinski definition) is 0. The maximum atomic E-state index is 13.4. The van der Waals surface area contributed by atoms with Crippen molar-refractivity contribution in [1.82, 2.24) is 10.1 Å². The first kappa shape index (κ1) is 17.5. The van der Waals surface area contributed by atoms with Crippen LogP contribution in [0.4, 0.5) is 10.1 Å². The van der Waals surface area contributed by atoms with Crippen molar-refractivity contribution in [3.8, 4) is 17.2 Å². The second kappa shape index (κ2) is 7.00. The molecule has 0 N–H and O–H groups in total. The number of nitrogens with zero attached hydrogens (tertiary/aromatic N) is 3. The first-order valence-electron chi connectivity index (χ1n) is 8.28. The summed E-state index contributed by atoms with van der Waals surface area (Å²) < 4.78 is 23.9. The number of aromatic nitrogens is 2. The van der Waals surface area contributed by atoms with Crippen LogP contribution in [0.25, 0.3) is 11.5 Å². The number of methoxy groups -OCH3 is 1. The van der Waals surface area contributed by atoms with Gasteiger partial charge in [-0.1, -0.05) is 22.8 Å². The maximum absolute atomic E-state index is 13.4. The second-order valence-electron chi connectivity index (χ2n) is 6.19. The summed E-state index contributed by atoms with van der Waals surface area (Å²) >= 11 is 5.83. The molecule has 1 aliphatic rings. The Morgan fingerprint density at radius 3 is 2.93 bits per heavy atom. The average molecular weight is 388 g/mol. The van der Waals surface area contributed by atoms with Crippen molar-refractivity contribution >= 4 is 23.2 Å². The van der Waals surface area contributed by atoms with Crippen LogP contribution in [0.1, 0.15) is 18.2 Å². The summed E-state index contributed by atoms with van der Waals surface area (Å²) in [5, 5.41) is 4.01. The van der Waals surface area contributed by atoms with Crippen LogP contribution in [0.5, 0.6) is 5.75 Å². The zero-order valence-electron chi connectivity index (χ0n) is 14.4. The fourth-order valence-electron chi connectivity index (χ4n) is 3.06. The highest BCUT2D eigenvalue weighted by molar-refractivity contribution is 6.31. The summed E-state index contributed by atoms with van der Waals surface area (Å²) in [6, 6.07) is 11.5. The summed E-state index contributed by atoms with van der Waals surface area (Å²) in [6.45, 7) is 0.373. The van der Waals surface area contributed by atoms with Gasteiger partial charge in [0.2, 0.25) is 5.91 Å². The molecular weight excluding hydrogens is 373 g/mol. The third-order valence-electron chi connectivity index (χ3n) is 4.46. The molecule has 1 fully saturated rings. The smallest absolute Gasteiger partial charge is 0.258 e. The molecule has 0 unspecified atom stereocenters. The number of halogens is 2. The van der Waals surface area contributed by atoms with Crippen molar-refractivity contribution in [3.63, 3.8) is 0 Å². The van der Waals surface area contributed by atoms with E-state index in [9.17, 15) is 9.18 Å². The molecule has 1 aliphatic heterocycles. The lowest BCUT2D eigenvalue weighted by molar-refractivity contribution is -0.117. The lowest BCUT2D eigenvalue weighted by atomic mass is 10.1. The molecule has 1 saturated heterocycles. The lowest BCUT2D eigenvalue weighted by Gasteiger charge is -2.16. The molecular formula is C19H15ClFN3O3. The molecule has 138 valence electrons. The van der Waals surface area contributed by atoms with E-state index in [1.165, 1.54) is 18.2 Å². The van der Waals surface area contributed by atoms with Gasteiger partial charge < -0.3 is 14.2 Å². The molecule has 0 aliphatic carbocycles. The number of hydrogen-bond acceptors (Lipinski definition) is 5. The van der Waals surface area contributed by atoms with Crippen LogP contribution >= 0.6 is 11.6 Å². The van der Waals surface area contributed by atoms with Crippen LogP contribution in [-0.4, -0.2) is 29.7 Å². The quantitative estimate of drug-likeness (QED) is 0.675. The molecule has 1 aromatic heterocycles. The van der Waals surface area contributed by atoms with Gasteiger partial charge >= 0.3 is 0 Å². The third kappa shape index (κ3) is 3.38. The highest BCUT2D eigenvalue weighted by Gasteiger charge is 2.35. The lowest BCUT2D eigenvalue weighted by Crippen LogP contribution is -2.24. The van der Waals surface area contributed by atoms with Gasteiger partial charge in [0, 0.05) is 30.1 Å². The molecule has 0 radical (unpaired) electrons. The molecule has 8 heteroatoms. The normalized spacial score (nSPS) is 16.8. The van der Waals surface area contributed by atoms with E-state index in [1.54, 1.807) is 18.1 Å². The number of rotatable bonds is 4. The number of ether oxygens (including phenoxy) is 1. The van der Waals surface area contributed by atoms with Crippen molar-refractivity contribution in [2.24, 2.45) is 0 Å². The number of carbonyl (C=O) groups is 1. The van der Waals surface area contributed by atoms with Crippen molar-refractivity contribution < 1.29 is 18.4 Å². The van der Waals surface area contributed by atoms with E-state index in [4.69, 9.17) is 20.9 Å². The van der Waals surface area contributed by atoms with E-state index in [1.807, 2.05) is 18.2 Å². The summed E-state index contributed by atoms with van der Waals surface area (Å²) in [5.74, 6) is 0.656. The molecule has 0 spiro atoms. The molecule has 0 saturated carbocycles. The summed E-state index contributed by atoms with van der Waals surface area (Å²) in [4.78, 5) is 18.4. The SMILES string of the molecule is COc1cccc(-c2nc([C@@H]3CC(=O)N(c4ccc(F)c(Cl)c4)C3)no2)c1. The van der Waals surface area contributed by atoms with Gasteiger partial charge in [0.15, 0.2) is 5.82 Å². The van der Waals surface area contributed by atoms with Crippen molar-refractivity contribution in [2.45, 2.75) is 12.3 Å². The van der Waals surface area contributed by atoms with E-state index in [0.717, 1.165) is 5.56 Å². The fourth-order valence-corrected chi connectivity index (χ4v) is 3.23. The molecule has 2 heterocycles. The Morgan fingerprint density at radius 2 is 2.15 bits per heavy atom. The van der Waals surface area contributed by atoms with E-state index in [-0.39, 0.29) is 23.3 Å². The van der Waals surface area contributed by atoms with Crippen LogP contribution in [0.2, 0.25) is 5.02 Å². The minimum atomic E-state index is -0.523. The Morgan fingerprint density at radius 1 is 1.30 bits per heavy atom. The van der Waals surface area contributed by atoms with E-state index in [0.29, 0.717) is 29.7 Å². The Kier molecular flexibility index (Phi) is 4.53. The standard InChI is InChI=1S/C19H15ClFN3O3/c1-26-14-4-2-3-11(7-14)19-22-18(23-27-19)12-8-17(25)24(10-12)13-5-6-16(21)15(20)9-13/h2-7,9,12H,8,10H2,1H3/t12-/m1/s1. The average Bonchev–Trinajstić information content (AvgIpc) is 3.31. The maximum Gasteiger partial charge on any atom is 0.258 e. The van der Waals surface area contributed by atoms with Gasteiger partial charge in [0.25, 0.3) is 5.89 Å². The van der Waals surface area contributed by atoms with Crippen LogP contribution < -0.4 is 9.64 Å². The summed E-state index contributed by atoms with van der Waals surface area (Å²) in [6.07, 6.45) is 0.242. The Labute approximate surface area is 159 Å². The van der Waals surface area contributed by atoms with Crippen LogP contribution in [0.15, 0.2) is 47.0 Å². The van der Waals surface area contributed by atoms with Gasteiger partial charge in [-0.25, -0.2) is 4.39 Å². The fraction of sp³-hybridized carbons (Fsp3) is 0.211. The number of amides is 1. The predicted molar refractivity (Wildman–Crippen MR) is 97.4 cm³/mol. The van der Waals surface area contributed by atoms with E-state index in [2.05, 4.69) is 10.1 Å². The summed E-state index contributed by atoms with van der Waals surface area (Å²) in [7, 11) is 1.58. The first-order valence-corrected chi connectivity index (χ1v) is 8.66. The van der Waals surface area contributed by atoms with Crippen LogP contribution in [0.3, 0.4) is 0 Å². The minimum absolute atomic E-state index is 0.0244. The minimum Gasteiger partial charge on any atom is -0.497 e. The molecule has 2 aromatic carbocycles. The van der Waals surface area contributed by atoms with E-state index >= 15 is 0 Å². The molecule has 6 nitrogen and oxygen atoms in total. The Balaban J connectivity index is 1.55. The molecule has 0 bridgehead atoms. The number of anilines is 1. The van der Waals surface area contributed by atoms with Crippen molar-refractivity contribution in [1.29, 1.82) is 0 Å². The zero-order chi connectivity index (χ0) is 19.0. The monoisotopic (exact) mass is 387 g/mol. The van der Waals surface area contributed by atoms with Crippen molar-refractivity contribution in [2.75, 3.05) is 18.6 Å². The number of benzene rings is 2. The topological polar surface area (TPSA) is 68.5 Å². The third-order valence-corrected chi connectivity index (χ3v) is 4.75. The molecule has 1 amide bonds. The van der Waals surface area contributed by atoms with Gasteiger partial charge in [0.05, 0.1) is 12.1 Å². The largest absolute Gasteiger partial charge is 0.497 e. The number of carbonyl (C=O) groups excluding carboxylic acids is 1. The highest BCUT2D eigenvalue weighted by atomic mass is 35.5. The zero-order valence-corrected chi connectivity index (χ0v) is 15.1.